The summed E-state index contributed by atoms with van der Waals surface area (Å²) in [6, 6.07) is 3.31. The van der Waals surface area contributed by atoms with Crippen molar-refractivity contribution in [3.05, 3.63) is 29.3 Å². The third kappa shape index (κ3) is 1.52. The number of benzene rings is 1. The monoisotopic (exact) mass is 228 g/mol. The molecule has 16 heavy (non-hydrogen) atoms. The highest BCUT2D eigenvalue weighted by molar-refractivity contribution is 5.86. The standard InChI is InChI=1S/C11H10F2O3/c12-9(13)6-1-2-8(14)7(5-6)11(3-4-11)10(15)16/h1-2,5,9,14H,3-4H2,(H,15,16). The van der Waals surface area contributed by atoms with Gasteiger partial charge in [0.2, 0.25) is 0 Å². The highest BCUT2D eigenvalue weighted by Crippen LogP contribution is 2.51. The minimum Gasteiger partial charge on any atom is -0.508 e. The van der Waals surface area contributed by atoms with Crippen LogP contribution in [0.25, 0.3) is 0 Å². The Labute approximate surface area is 90.3 Å². The first-order valence-corrected chi connectivity index (χ1v) is 4.82. The van der Waals surface area contributed by atoms with Gasteiger partial charge in [-0.2, -0.15) is 0 Å². The van der Waals surface area contributed by atoms with Gasteiger partial charge in [-0.15, -0.1) is 0 Å². The van der Waals surface area contributed by atoms with Gasteiger partial charge in [0, 0.05) is 11.1 Å². The summed E-state index contributed by atoms with van der Waals surface area (Å²) in [5, 5.41) is 18.5. The zero-order chi connectivity index (χ0) is 11.9. The predicted octanol–water partition coefficient (Wildman–Crippen LogP) is 2.45. The Morgan fingerprint density at radius 3 is 2.44 bits per heavy atom. The van der Waals surface area contributed by atoms with Crippen LogP contribution >= 0.6 is 0 Å². The van der Waals surface area contributed by atoms with E-state index in [1.54, 1.807) is 0 Å². The number of carbonyl (C=O) groups is 1. The number of carboxylic acid groups (broad SMARTS) is 1. The molecule has 3 nitrogen and oxygen atoms in total. The molecule has 0 bridgehead atoms. The third-order valence-electron chi connectivity index (χ3n) is 2.95. The van der Waals surface area contributed by atoms with Crippen LogP contribution in [-0.4, -0.2) is 16.2 Å². The van der Waals surface area contributed by atoms with Crippen LogP contribution in [0.1, 0.15) is 30.4 Å². The van der Waals surface area contributed by atoms with E-state index < -0.39 is 17.8 Å². The van der Waals surface area contributed by atoms with Gasteiger partial charge in [0.15, 0.2) is 0 Å². The van der Waals surface area contributed by atoms with Gasteiger partial charge in [-0.3, -0.25) is 4.79 Å². The Hall–Kier alpha value is -1.65. The van der Waals surface area contributed by atoms with Gasteiger partial charge in [0.05, 0.1) is 5.41 Å². The number of phenols is 1. The van der Waals surface area contributed by atoms with Gasteiger partial charge < -0.3 is 10.2 Å². The fraction of sp³-hybridized carbons (Fsp3) is 0.364. The summed E-state index contributed by atoms with van der Waals surface area (Å²) in [5.74, 6) is -1.31. The summed E-state index contributed by atoms with van der Waals surface area (Å²) in [5.41, 5.74) is -1.33. The number of hydrogen-bond donors (Lipinski definition) is 2. The molecular weight excluding hydrogens is 218 g/mol. The van der Waals surface area contributed by atoms with Crippen LogP contribution in [0.4, 0.5) is 8.78 Å². The molecule has 1 fully saturated rings. The quantitative estimate of drug-likeness (QED) is 0.835. The molecule has 1 aliphatic carbocycles. The highest BCUT2D eigenvalue weighted by Gasteiger charge is 2.53. The molecule has 0 amide bonds. The maximum Gasteiger partial charge on any atom is 0.314 e. The normalized spacial score (nSPS) is 17.4. The predicted molar refractivity (Wildman–Crippen MR) is 51.6 cm³/mol. The van der Waals surface area contributed by atoms with Crippen LogP contribution in [0.15, 0.2) is 18.2 Å². The average Bonchev–Trinajstić information content (AvgIpc) is 2.98. The van der Waals surface area contributed by atoms with E-state index in [4.69, 9.17) is 5.11 Å². The van der Waals surface area contributed by atoms with Crippen molar-refractivity contribution < 1.29 is 23.8 Å². The van der Waals surface area contributed by atoms with Crippen molar-refractivity contribution in [3.63, 3.8) is 0 Å². The summed E-state index contributed by atoms with van der Waals surface area (Å²) >= 11 is 0. The van der Waals surface area contributed by atoms with E-state index in [9.17, 15) is 18.7 Å². The molecular formula is C11H10F2O3. The van der Waals surface area contributed by atoms with E-state index in [-0.39, 0.29) is 16.9 Å². The number of halogens is 2. The largest absolute Gasteiger partial charge is 0.508 e. The molecule has 5 heteroatoms. The Balaban J connectivity index is 2.48. The number of rotatable bonds is 3. The van der Waals surface area contributed by atoms with E-state index in [0.717, 1.165) is 18.2 Å². The zero-order valence-corrected chi connectivity index (χ0v) is 8.28. The molecule has 1 aliphatic rings. The Morgan fingerprint density at radius 1 is 1.38 bits per heavy atom. The molecule has 0 spiro atoms. The van der Waals surface area contributed by atoms with Gasteiger partial charge >= 0.3 is 5.97 Å². The van der Waals surface area contributed by atoms with Crippen molar-refractivity contribution in [2.75, 3.05) is 0 Å². The first-order chi connectivity index (χ1) is 7.47. The van der Waals surface area contributed by atoms with Crippen molar-refractivity contribution in [3.8, 4) is 5.75 Å². The molecule has 86 valence electrons. The van der Waals surface area contributed by atoms with Crippen molar-refractivity contribution >= 4 is 5.97 Å². The van der Waals surface area contributed by atoms with E-state index in [1.807, 2.05) is 0 Å². The van der Waals surface area contributed by atoms with Gasteiger partial charge in [0.1, 0.15) is 5.75 Å². The minimum absolute atomic E-state index is 0.0952. The molecule has 0 saturated heterocycles. The first-order valence-electron chi connectivity index (χ1n) is 4.82. The fourth-order valence-electron chi connectivity index (χ4n) is 1.80. The van der Waals surface area contributed by atoms with Crippen LogP contribution in [0.5, 0.6) is 5.75 Å². The maximum absolute atomic E-state index is 12.5. The summed E-state index contributed by atoms with van der Waals surface area (Å²) in [4.78, 5) is 11.0. The number of aromatic hydroxyl groups is 1. The molecule has 0 radical (unpaired) electrons. The summed E-state index contributed by atoms with van der Waals surface area (Å²) in [6.45, 7) is 0. The highest BCUT2D eigenvalue weighted by atomic mass is 19.3. The van der Waals surface area contributed by atoms with E-state index in [0.29, 0.717) is 12.8 Å². The minimum atomic E-state index is -2.66. The lowest BCUT2D eigenvalue weighted by atomic mass is 9.93. The Kier molecular flexibility index (Phi) is 2.33. The third-order valence-corrected chi connectivity index (χ3v) is 2.95. The second-order valence-corrected chi connectivity index (χ2v) is 3.96. The Morgan fingerprint density at radius 2 is 2.00 bits per heavy atom. The Bertz CT molecular complexity index is 439. The lowest BCUT2D eigenvalue weighted by molar-refractivity contribution is -0.140. The van der Waals surface area contributed by atoms with E-state index >= 15 is 0 Å². The van der Waals surface area contributed by atoms with Crippen LogP contribution in [0, 0.1) is 0 Å². The van der Waals surface area contributed by atoms with E-state index in [2.05, 4.69) is 0 Å². The van der Waals surface area contributed by atoms with Gasteiger partial charge in [-0.05, 0) is 31.0 Å². The van der Waals surface area contributed by atoms with Crippen molar-refractivity contribution in [2.45, 2.75) is 24.7 Å². The van der Waals surface area contributed by atoms with Crippen molar-refractivity contribution in [2.24, 2.45) is 0 Å². The van der Waals surface area contributed by atoms with Crippen molar-refractivity contribution in [1.29, 1.82) is 0 Å². The van der Waals surface area contributed by atoms with Crippen molar-refractivity contribution in [1.82, 2.24) is 0 Å². The summed E-state index contributed by atoms with van der Waals surface area (Å²) in [7, 11) is 0. The zero-order valence-electron chi connectivity index (χ0n) is 8.28. The van der Waals surface area contributed by atoms with Gasteiger partial charge in [-0.1, -0.05) is 0 Å². The topological polar surface area (TPSA) is 57.5 Å². The number of hydrogen-bond acceptors (Lipinski definition) is 2. The molecule has 0 atom stereocenters. The molecule has 0 aromatic heterocycles. The second-order valence-electron chi connectivity index (χ2n) is 3.96. The van der Waals surface area contributed by atoms with Gasteiger partial charge in [0.25, 0.3) is 6.43 Å². The molecule has 1 aromatic carbocycles. The summed E-state index contributed by atoms with van der Waals surface area (Å²) in [6.07, 6.45) is -1.91. The molecule has 2 rings (SSSR count). The maximum atomic E-state index is 12.5. The SMILES string of the molecule is O=C(O)C1(c2cc(C(F)F)ccc2O)CC1. The smallest absolute Gasteiger partial charge is 0.314 e. The van der Waals surface area contributed by atoms with Crippen LogP contribution in [-0.2, 0) is 10.2 Å². The fourth-order valence-corrected chi connectivity index (χ4v) is 1.80. The van der Waals surface area contributed by atoms with Crippen LogP contribution < -0.4 is 0 Å². The molecule has 0 heterocycles. The van der Waals surface area contributed by atoms with Crippen LogP contribution in [0.2, 0.25) is 0 Å². The lowest BCUT2D eigenvalue weighted by Crippen LogP contribution is -2.19. The van der Waals surface area contributed by atoms with E-state index in [1.165, 1.54) is 0 Å². The molecule has 2 N–H and O–H groups in total. The molecule has 1 aromatic rings. The summed E-state index contributed by atoms with van der Waals surface area (Å²) < 4.78 is 24.9. The second kappa shape index (κ2) is 3.43. The number of phenolic OH excluding ortho intramolecular Hbond substituents is 1. The van der Waals surface area contributed by atoms with Crippen LogP contribution in [0.3, 0.4) is 0 Å². The molecule has 0 unspecified atom stereocenters. The number of carboxylic acids is 1. The molecule has 0 aliphatic heterocycles. The van der Waals surface area contributed by atoms with Gasteiger partial charge in [-0.25, -0.2) is 8.78 Å². The lowest BCUT2D eigenvalue weighted by Gasteiger charge is -2.13. The molecule has 1 saturated carbocycles. The average molecular weight is 228 g/mol. The number of aliphatic carboxylic acids is 1. The number of alkyl halides is 2. The first kappa shape index (κ1) is 10.9.